The number of carbonyl (C=O) groups excluding carboxylic acids is 1. The number of aromatic nitrogens is 4. The number of rotatable bonds is 4. The van der Waals surface area contributed by atoms with Gasteiger partial charge in [0.25, 0.3) is 6.43 Å². The quantitative estimate of drug-likeness (QED) is 0.692. The van der Waals surface area contributed by atoms with E-state index in [1.165, 1.54) is 6.20 Å². The molecule has 0 radical (unpaired) electrons. The van der Waals surface area contributed by atoms with Gasteiger partial charge in [-0.05, 0) is 19.1 Å². The minimum absolute atomic E-state index is 0.0858. The van der Waals surface area contributed by atoms with E-state index in [9.17, 15) is 13.6 Å². The summed E-state index contributed by atoms with van der Waals surface area (Å²) in [5.74, 6) is -0.739. The van der Waals surface area contributed by atoms with Crippen LogP contribution in [0.1, 0.15) is 29.4 Å². The number of fused-ring (bicyclic) bond motifs is 1. The van der Waals surface area contributed by atoms with E-state index in [0.29, 0.717) is 11.0 Å². The molecule has 118 valence electrons. The Labute approximate surface area is 129 Å². The van der Waals surface area contributed by atoms with Crippen LogP contribution in [0.5, 0.6) is 0 Å². The number of hydrogen-bond acceptors (Lipinski definition) is 5. The summed E-state index contributed by atoms with van der Waals surface area (Å²) in [5, 5.41) is 3.85. The molecule has 2 aromatic heterocycles. The maximum absolute atomic E-state index is 13.4. The van der Waals surface area contributed by atoms with Gasteiger partial charge in [0.1, 0.15) is 11.3 Å². The van der Waals surface area contributed by atoms with E-state index in [0.717, 1.165) is 10.9 Å². The Kier molecular flexibility index (Phi) is 3.96. The average Bonchev–Trinajstić information content (AvgIpc) is 3.00. The topological polar surface area (TPSA) is 69.9 Å². The van der Waals surface area contributed by atoms with Crippen molar-refractivity contribution in [2.75, 3.05) is 6.61 Å². The van der Waals surface area contributed by atoms with Gasteiger partial charge >= 0.3 is 5.97 Å². The van der Waals surface area contributed by atoms with E-state index in [1.807, 2.05) is 0 Å². The zero-order valence-corrected chi connectivity index (χ0v) is 12.1. The second-order valence-electron chi connectivity index (χ2n) is 4.59. The smallest absolute Gasteiger partial charge is 0.341 e. The number of ether oxygens (including phenoxy) is 1. The number of alkyl halides is 2. The monoisotopic (exact) mass is 318 g/mol. The second kappa shape index (κ2) is 6.07. The molecular weight excluding hydrogens is 306 g/mol. The Balaban J connectivity index is 2.12. The van der Waals surface area contributed by atoms with Gasteiger partial charge < -0.3 is 4.74 Å². The van der Waals surface area contributed by atoms with Crippen molar-refractivity contribution in [2.24, 2.45) is 0 Å². The van der Waals surface area contributed by atoms with Gasteiger partial charge in [-0.25, -0.2) is 23.2 Å². The van der Waals surface area contributed by atoms with Crippen LogP contribution in [-0.4, -0.2) is 32.3 Å². The van der Waals surface area contributed by atoms with E-state index in [4.69, 9.17) is 4.74 Å². The van der Waals surface area contributed by atoms with Crippen LogP contribution >= 0.6 is 0 Å². The molecular formula is C15H12F2N4O2. The first-order chi connectivity index (χ1) is 11.1. The third kappa shape index (κ3) is 2.75. The fraction of sp³-hybridized carbons (Fsp3) is 0.200. The number of nitrogens with zero attached hydrogens (tertiary/aromatic N) is 4. The van der Waals surface area contributed by atoms with Crippen LogP contribution in [0.25, 0.3) is 16.9 Å². The molecule has 0 spiro atoms. The maximum atomic E-state index is 13.4. The Hall–Kier alpha value is -2.90. The lowest BCUT2D eigenvalue weighted by atomic mass is 10.2. The standard InChI is InChI=1S/C15H12F2N4O2/c1-2-23-15(22)9-7-19-21(13(9)14(16)17)12-8-18-10-5-3-4-6-11(10)20-12/h3-8,14H,2H2,1H3. The molecule has 0 aliphatic carbocycles. The lowest BCUT2D eigenvalue weighted by Gasteiger charge is -2.08. The Morgan fingerprint density at radius 3 is 2.70 bits per heavy atom. The van der Waals surface area contributed by atoms with Crippen molar-refractivity contribution in [3.05, 3.63) is 47.9 Å². The highest BCUT2D eigenvalue weighted by molar-refractivity contribution is 5.90. The van der Waals surface area contributed by atoms with Crippen molar-refractivity contribution < 1.29 is 18.3 Å². The molecule has 3 rings (SSSR count). The zero-order chi connectivity index (χ0) is 16.4. The third-order valence-corrected chi connectivity index (χ3v) is 3.16. The maximum Gasteiger partial charge on any atom is 0.341 e. The van der Waals surface area contributed by atoms with E-state index in [-0.39, 0.29) is 18.0 Å². The minimum Gasteiger partial charge on any atom is -0.462 e. The van der Waals surface area contributed by atoms with E-state index < -0.39 is 18.1 Å². The van der Waals surface area contributed by atoms with Crippen LogP contribution in [0.2, 0.25) is 0 Å². The van der Waals surface area contributed by atoms with Crippen LogP contribution in [-0.2, 0) is 4.74 Å². The van der Waals surface area contributed by atoms with Crippen molar-refractivity contribution in [1.29, 1.82) is 0 Å². The summed E-state index contributed by atoms with van der Waals surface area (Å²) in [4.78, 5) is 20.2. The first kappa shape index (κ1) is 15.0. The fourth-order valence-electron chi connectivity index (χ4n) is 2.17. The third-order valence-electron chi connectivity index (χ3n) is 3.16. The van der Waals surface area contributed by atoms with Crippen molar-refractivity contribution in [1.82, 2.24) is 19.7 Å². The van der Waals surface area contributed by atoms with Crippen molar-refractivity contribution in [2.45, 2.75) is 13.3 Å². The molecule has 2 heterocycles. The van der Waals surface area contributed by atoms with E-state index in [2.05, 4.69) is 15.1 Å². The molecule has 0 amide bonds. The molecule has 6 nitrogen and oxygen atoms in total. The molecule has 0 aliphatic rings. The number of benzene rings is 1. The molecule has 0 atom stereocenters. The molecule has 3 aromatic rings. The molecule has 0 saturated heterocycles. The summed E-state index contributed by atoms with van der Waals surface area (Å²) in [5.41, 5.74) is 0.330. The predicted molar refractivity (Wildman–Crippen MR) is 77.6 cm³/mol. The Morgan fingerprint density at radius 1 is 1.26 bits per heavy atom. The van der Waals surface area contributed by atoms with Gasteiger partial charge in [0.2, 0.25) is 0 Å². The molecule has 0 fully saturated rings. The minimum atomic E-state index is -2.91. The van der Waals surface area contributed by atoms with Gasteiger partial charge in [-0.15, -0.1) is 0 Å². The second-order valence-corrected chi connectivity index (χ2v) is 4.59. The van der Waals surface area contributed by atoms with Crippen molar-refractivity contribution in [3.63, 3.8) is 0 Å². The van der Waals surface area contributed by atoms with Gasteiger partial charge in [0, 0.05) is 0 Å². The number of para-hydroxylation sites is 2. The number of carbonyl (C=O) groups is 1. The molecule has 23 heavy (non-hydrogen) atoms. The average molecular weight is 318 g/mol. The highest BCUT2D eigenvalue weighted by Gasteiger charge is 2.26. The van der Waals surface area contributed by atoms with Crippen molar-refractivity contribution >= 4 is 17.0 Å². The summed E-state index contributed by atoms with van der Waals surface area (Å²) >= 11 is 0. The number of hydrogen-bond donors (Lipinski definition) is 0. The van der Waals surface area contributed by atoms with Gasteiger partial charge in [-0.3, -0.25) is 4.98 Å². The SMILES string of the molecule is CCOC(=O)c1cnn(-c2cnc3ccccc3n2)c1C(F)F. The number of halogens is 2. The summed E-state index contributed by atoms with van der Waals surface area (Å²) in [6.07, 6.45) is -0.530. The molecule has 0 N–H and O–H groups in total. The summed E-state index contributed by atoms with van der Waals surface area (Å²) < 4.78 is 32.5. The van der Waals surface area contributed by atoms with E-state index >= 15 is 0 Å². The van der Waals surface area contributed by atoms with E-state index in [1.54, 1.807) is 31.2 Å². The molecule has 0 aliphatic heterocycles. The Morgan fingerprint density at radius 2 is 2.00 bits per heavy atom. The summed E-state index contributed by atoms with van der Waals surface area (Å²) in [6.45, 7) is 1.68. The normalized spacial score (nSPS) is 11.1. The highest BCUT2D eigenvalue weighted by atomic mass is 19.3. The van der Waals surface area contributed by atoms with Crippen LogP contribution in [0.4, 0.5) is 8.78 Å². The van der Waals surface area contributed by atoms with Gasteiger partial charge in [0.05, 0.1) is 30.0 Å². The first-order valence-corrected chi connectivity index (χ1v) is 6.87. The largest absolute Gasteiger partial charge is 0.462 e. The molecule has 0 bridgehead atoms. The van der Waals surface area contributed by atoms with Crippen LogP contribution in [0.3, 0.4) is 0 Å². The number of esters is 1. The zero-order valence-electron chi connectivity index (χ0n) is 12.1. The summed E-state index contributed by atoms with van der Waals surface area (Å²) in [6, 6.07) is 7.03. The van der Waals surface area contributed by atoms with Crippen LogP contribution < -0.4 is 0 Å². The molecule has 0 saturated carbocycles. The first-order valence-electron chi connectivity index (χ1n) is 6.87. The van der Waals surface area contributed by atoms with Crippen molar-refractivity contribution in [3.8, 4) is 5.82 Å². The molecule has 8 heteroatoms. The lowest BCUT2D eigenvalue weighted by molar-refractivity contribution is 0.0514. The van der Waals surface area contributed by atoms with Gasteiger partial charge in [0.15, 0.2) is 5.82 Å². The predicted octanol–water partition coefficient (Wildman–Crippen LogP) is 2.93. The summed E-state index contributed by atoms with van der Waals surface area (Å²) in [7, 11) is 0. The lowest BCUT2D eigenvalue weighted by Crippen LogP contribution is -2.11. The highest BCUT2D eigenvalue weighted by Crippen LogP contribution is 2.26. The van der Waals surface area contributed by atoms with Gasteiger partial charge in [-0.2, -0.15) is 5.10 Å². The Bertz CT molecular complexity index is 864. The molecule has 0 unspecified atom stereocenters. The van der Waals surface area contributed by atoms with Crippen LogP contribution in [0, 0.1) is 0 Å². The molecule has 1 aromatic carbocycles. The fourth-order valence-corrected chi connectivity index (χ4v) is 2.17. The van der Waals surface area contributed by atoms with Crippen LogP contribution in [0.15, 0.2) is 36.7 Å². The van der Waals surface area contributed by atoms with Gasteiger partial charge in [-0.1, -0.05) is 12.1 Å².